The first-order valence-corrected chi connectivity index (χ1v) is 8.26. The van der Waals surface area contributed by atoms with Crippen molar-refractivity contribution in [1.82, 2.24) is 9.97 Å². The topological polar surface area (TPSA) is 72.1 Å². The third kappa shape index (κ3) is 3.25. The van der Waals surface area contributed by atoms with Gasteiger partial charge in [0.1, 0.15) is 5.75 Å². The number of nitrogens with one attached hydrogen (secondary N) is 1. The number of ether oxygens (including phenoxy) is 1. The van der Waals surface area contributed by atoms with Gasteiger partial charge in [-0.2, -0.15) is 0 Å². The van der Waals surface area contributed by atoms with Crippen molar-refractivity contribution in [2.75, 3.05) is 0 Å². The summed E-state index contributed by atoms with van der Waals surface area (Å²) in [6.07, 6.45) is 2.94. The number of rotatable bonds is 3. The number of halogens is 2. The lowest BCUT2D eigenvalue weighted by Gasteiger charge is -2.08. The van der Waals surface area contributed by atoms with Crippen LogP contribution < -0.4 is 10.2 Å². The van der Waals surface area contributed by atoms with E-state index in [9.17, 15) is 18.4 Å². The summed E-state index contributed by atoms with van der Waals surface area (Å²) < 4.78 is 32.8. The quantitative estimate of drug-likeness (QED) is 0.431. The number of nitrogens with zero attached hydrogens (tertiary/aromatic N) is 1. The highest BCUT2D eigenvalue weighted by atomic mass is 19.2. The van der Waals surface area contributed by atoms with Crippen molar-refractivity contribution in [3.05, 3.63) is 94.4 Å². The molecular weight excluding hydrogens is 366 g/mol. The molecule has 0 unspecified atom stereocenters. The maximum Gasteiger partial charge on any atom is 0.345 e. The van der Waals surface area contributed by atoms with Crippen LogP contribution in [0.3, 0.4) is 0 Å². The van der Waals surface area contributed by atoms with E-state index < -0.39 is 23.0 Å². The first-order valence-electron chi connectivity index (χ1n) is 8.26. The van der Waals surface area contributed by atoms with E-state index in [0.717, 1.165) is 6.07 Å². The molecule has 0 amide bonds. The molecule has 28 heavy (non-hydrogen) atoms. The van der Waals surface area contributed by atoms with Crippen molar-refractivity contribution in [2.24, 2.45) is 0 Å². The van der Waals surface area contributed by atoms with Gasteiger partial charge in [-0.25, -0.2) is 13.6 Å². The van der Waals surface area contributed by atoms with E-state index in [2.05, 4.69) is 9.97 Å². The summed E-state index contributed by atoms with van der Waals surface area (Å²) in [5, 5.41) is 0.0599. The van der Waals surface area contributed by atoms with Crippen molar-refractivity contribution in [3.8, 4) is 17.0 Å². The number of pyridine rings is 2. The molecule has 0 aliphatic carbocycles. The number of aromatic nitrogens is 2. The van der Waals surface area contributed by atoms with Crippen LogP contribution in [0.5, 0.6) is 5.75 Å². The fourth-order valence-corrected chi connectivity index (χ4v) is 2.77. The summed E-state index contributed by atoms with van der Waals surface area (Å²) in [4.78, 5) is 30.9. The molecule has 0 bridgehead atoms. The average molecular weight is 378 g/mol. The molecule has 0 fully saturated rings. The third-order valence-electron chi connectivity index (χ3n) is 4.17. The Morgan fingerprint density at radius 1 is 1.04 bits per heavy atom. The van der Waals surface area contributed by atoms with Gasteiger partial charge in [-0.15, -0.1) is 0 Å². The summed E-state index contributed by atoms with van der Waals surface area (Å²) in [5.74, 6) is -2.42. The lowest BCUT2D eigenvalue weighted by molar-refractivity contribution is 0.0734. The summed E-state index contributed by atoms with van der Waals surface area (Å²) in [6, 6.07) is 12.9. The normalized spacial score (nSPS) is 10.8. The number of hydrogen-bond donors (Lipinski definition) is 1. The lowest BCUT2D eigenvalue weighted by atomic mass is 10.1. The minimum Gasteiger partial charge on any atom is -0.423 e. The van der Waals surface area contributed by atoms with E-state index >= 15 is 0 Å². The van der Waals surface area contributed by atoms with E-state index in [-0.39, 0.29) is 16.7 Å². The maximum atomic E-state index is 14.0. The molecule has 0 aliphatic heterocycles. The van der Waals surface area contributed by atoms with Crippen LogP contribution in [0.1, 0.15) is 10.4 Å². The number of H-pyrrole nitrogens is 1. The minimum absolute atomic E-state index is 0.0599. The molecule has 4 rings (SSSR count). The van der Waals surface area contributed by atoms with E-state index in [0.29, 0.717) is 16.8 Å². The molecular formula is C21H12F2N2O3. The Balaban J connectivity index is 1.65. The Kier molecular flexibility index (Phi) is 4.41. The van der Waals surface area contributed by atoms with Gasteiger partial charge in [-0.1, -0.05) is 0 Å². The van der Waals surface area contributed by atoms with Crippen LogP contribution in [0.2, 0.25) is 0 Å². The Morgan fingerprint density at radius 2 is 1.82 bits per heavy atom. The molecule has 1 N–H and O–H groups in total. The SMILES string of the molecule is O=C(Oc1ccc(-c2cc(=O)c3ccc(F)c(F)c3[nH]2)cc1)c1cccnc1. The summed E-state index contributed by atoms with van der Waals surface area (Å²) in [6.45, 7) is 0. The second-order valence-corrected chi connectivity index (χ2v) is 5.99. The second kappa shape index (κ2) is 7.03. The zero-order valence-corrected chi connectivity index (χ0v) is 14.3. The van der Waals surface area contributed by atoms with Crippen molar-refractivity contribution < 1.29 is 18.3 Å². The van der Waals surface area contributed by atoms with Gasteiger partial charge in [0.2, 0.25) is 0 Å². The average Bonchev–Trinajstić information content (AvgIpc) is 2.72. The number of esters is 1. The first-order chi connectivity index (χ1) is 13.5. The predicted molar refractivity (Wildman–Crippen MR) is 99.1 cm³/mol. The molecule has 4 aromatic rings. The van der Waals surface area contributed by atoms with Gasteiger partial charge in [0.15, 0.2) is 17.1 Å². The van der Waals surface area contributed by atoms with E-state index in [1.807, 2.05) is 0 Å². The molecule has 0 saturated carbocycles. The zero-order chi connectivity index (χ0) is 19.7. The molecule has 5 nitrogen and oxygen atoms in total. The predicted octanol–water partition coefficient (Wildman–Crippen LogP) is 4.09. The molecule has 0 aliphatic rings. The summed E-state index contributed by atoms with van der Waals surface area (Å²) in [7, 11) is 0. The smallest absolute Gasteiger partial charge is 0.345 e. The highest BCUT2D eigenvalue weighted by molar-refractivity contribution is 5.90. The van der Waals surface area contributed by atoms with Gasteiger partial charge in [0.05, 0.1) is 11.1 Å². The van der Waals surface area contributed by atoms with Crippen molar-refractivity contribution in [3.63, 3.8) is 0 Å². The minimum atomic E-state index is -1.11. The Labute approximate surface area is 157 Å². The Bertz CT molecular complexity index is 1240. The number of hydrogen-bond acceptors (Lipinski definition) is 4. The number of benzene rings is 2. The maximum absolute atomic E-state index is 14.0. The van der Waals surface area contributed by atoms with Crippen molar-refractivity contribution in [2.45, 2.75) is 0 Å². The molecule has 138 valence electrons. The zero-order valence-electron chi connectivity index (χ0n) is 14.3. The molecule has 0 spiro atoms. The van der Waals surface area contributed by atoms with Crippen LogP contribution in [-0.4, -0.2) is 15.9 Å². The molecule has 2 aromatic heterocycles. The van der Waals surface area contributed by atoms with Gasteiger partial charge < -0.3 is 9.72 Å². The van der Waals surface area contributed by atoms with Gasteiger partial charge in [-0.3, -0.25) is 9.78 Å². The summed E-state index contributed by atoms with van der Waals surface area (Å²) >= 11 is 0. The fraction of sp³-hybridized carbons (Fsp3) is 0. The van der Waals surface area contributed by atoms with Crippen LogP contribution in [0.15, 0.2) is 71.8 Å². The third-order valence-corrected chi connectivity index (χ3v) is 4.17. The molecule has 0 saturated heterocycles. The Morgan fingerprint density at radius 3 is 2.54 bits per heavy atom. The molecule has 2 aromatic carbocycles. The standard InChI is InChI=1S/C21H12F2N2O3/c22-16-8-7-15-18(26)10-17(25-20(15)19(16)23)12-3-5-14(6-4-12)28-21(27)13-2-1-9-24-11-13/h1-11H,(H,25,26). The number of carbonyl (C=O) groups excluding carboxylic acids is 1. The lowest BCUT2D eigenvalue weighted by Crippen LogP contribution is -2.08. The van der Waals surface area contributed by atoms with E-state index in [4.69, 9.17) is 4.74 Å². The first kappa shape index (κ1) is 17.5. The second-order valence-electron chi connectivity index (χ2n) is 5.99. The van der Waals surface area contributed by atoms with Gasteiger partial charge in [-0.05, 0) is 54.1 Å². The van der Waals surface area contributed by atoms with Crippen molar-refractivity contribution in [1.29, 1.82) is 0 Å². The molecule has 0 radical (unpaired) electrons. The van der Waals surface area contributed by atoms with Crippen LogP contribution >= 0.6 is 0 Å². The molecule has 2 heterocycles. The van der Waals surface area contributed by atoms with Crippen LogP contribution in [0.25, 0.3) is 22.2 Å². The van der Waals surface area contributed by atoms with Gasteiger partial charge >= 0.3 is 5.97 Å². The fourth-order valence-electron chi connectivity index (χ4n) is 2.77. The molecule has 0 atom stereocenters. The molecule has 7 heteroatoms. The van der Waals surface area contributed by atoms with Crippen molar-refractivity contribution >= 4 is 16.9 Å². The Hall–Kier alpha value is -3.87. The number of carbonyl (C=O) groups is 1. The highest BCUT2D eigenvalue weighted by Gasteiger charge is 2.13. The largest absolute Gasteiger partial charge is 0.423 e. The van der Waals surface area contributed by atoms with E-state index in [1.54, 1.807) is 30.5 Å². The van der Waals surface area contributed by atoms with Crippen LogP contribution in [0.4, 0.5) is 8.78 Å². The van der Waals surface area contributed by atoms with Gasteiger partial charge in [0.25, 0.3) is 0 Å². The monoisotopic (exact) mass is 378 g/mol. The summed E-state index contributed by atoms with van der Waals surface area (Å²) in [5.41, 5.74) is 0.531. The number of aromatic amines is 1. The van der Waals surface area contributed by atoms with Crippen LogP contribution in [-0.2, 0) is 0 Å². The van der Waals surface area contributed by atoms with Gasteiger partial charge in [0, 0.05) is 29.5 Å². The number of fused-ring (bicyclic) bond motifs is 1. The van der Waals surface area contributed by atoms with E-state index in [1.165, 1.54) is 30.5 Å². The highest BCUT2D eigenvalue weighted by Crippen LogP contribution is 2.24. The van der Waals surface area contributed by atoms with Crippen LogP contribution in [0, 0.1) is 11.6 Å².